The molecule has 1 aliphatic carbocycles. The summed E-state index contributed by atoms with van der Waals surface area (Å²) >= 11 is 4.96. The molecule has 0 saturated heterocycles. The summed E-state index contributed by atoms with van der Waals surface area (Å²) in [5.41, 5.74) is 4.93. The quantitative estimate of drug-likeness (QED) is 0.392. The smallest absolute Gasteiger partial charge is 0.259 e. The number of carbonyl (C=O) groups excluding carboxylic acids is 1. The minimum Gasteiger partial charge on any atom is -0.448 e. The SMILES string of the molecule is Cc1ccc(C)c(NC(=O)c2c(N=Cc3ccc(Br)o3)sc3c2CCCCCC3)c1. The molecule has 6 heteroatoms. The van der Waals surface area contributed by atoms with E-state index in [0.717, 1.165) is 46.6 Å². The molecule has 1 aliphatic rings. The van der Waals surface area contributed by atoms with Crippen molar-refractivity contribution in [2.24, 2.45) is 4.99 Å². The molecule has 0 aliphatic heterocycles. The highest BCUT2D eigenvalue weighted by molar-refractivity contribution is 9.10. The monoisotopic (exact) mass is 484 g/mol. The van der Waals surface area contributed by atoms with E-state index in [4.69, 9.17) is 4.42 Å². The summed E-state index contributed by atoms with van der Waals surface area (Å²) < 4.78 is 6.21. The number of amides is 1. The van der Waals surface area contributed by atoms with Crippen LogP contribution in [0.25, 0.3) is 0 Å². The fraction of sp³-hybridized carbons (Fsp3) is 0.333. The van der Waals surface area contributed by atoms with Crippen LogP contribution in [0.2, 0.25) is 0 Å². The van der Waals surface area contributed by atoms with Crippen molar-refractivity contribution in [2.45, 2.75) is 52.4 Å². The molecule has 0 unspecified atom stereocenters. The first-order valence-electron chi connectivity index (χ1n) is 10.3. The van der Waals surface area contributed by atoms with E-state index in [1.165, 1.54) is 29.7 Å². The zero-order valence-corrected chi connectivity index (χ0v) is 19.7. The Morgan fingerprint density at radius 3 is 2.70 bits per heavy atom. The number of carbonyl (C=O) groups is 1. The van der Waals surface area contributed by atoms with E-state index in [1.54, 1.807) is 17.6 Å². The molecule has 4 nitrogen and oxygen atoms in total. The van der Waals surface area contributed by atoms with Crippen LogP contribution in [0.5, 0.6) is 0 Å². The van der Waals surface area contributed by atoms with Gasteiger partial charge in [0.05, 0.1) is 11.8 Å². The van der Waals surface area contributed by atoms with E-state index in [9.17, 15) is 4.79 Å². The molecule has 0 fully saturated rings. The first-order chi connectivity index (χ1) is 14.5. The van der Waals surface area contributed by atoms with Crippen molar-refractivity contribution < 1.29 is 9.21 Å². The zero-order valence-electron chi connectivity index (χ0n) is 17.3. The number of furan rings is 1. The summed E-state index contributed by atoms with van der Waals surface area (Å²) in [6.07, 6.45) is 8.39. The fourth-order valence-electron chi connectivity index (χ4n) is 3.81. The number of aliphatic imine (C=N–C) groups is 1. The van der Waals surface area contributed by atoms with Crippen LogP contribution in [0.15, 0.2) is 44.4 Å². The lowest BCUT2D eigenvalue weighted by Gasteiger charge is -2.13. The molecule has 4 rings (SSSR count). The van der Waals surface area contributed by atoms with Gasteiger partial charge in [-0.15, -0.1) is 11.3 Å². The Morgan fingerprint density at radius 2 is 1.93 bits per heavy atom. The summed E-state index contributed by atoms with van der Waals surface area (Å²) in [5.74, 6) is 0.582. The Morgan fingerprint density at radius 1 is 1.13 bits per heavy atom. The number of thiophene rings is 1. The summed E-state index contributed by atoms with van der Waals surface area (Å²) in [5, 5.41) is 3.91. The number of rotatable bonds is 4. The van der Waals surface area contributed by atoms with E-state index in [1.807, 2.05) is 38.1 Å². The number of nitrogens with zero attached hydrogens (tertiary/aromatic N) is 1. The van der Waals surface area contributed by atoms with Gasteiger partial charge in [-0.1, -0.05) is 25.0 Å². The minimum absolute atomic E-state index is 0.0745. The van der Waals surface area contributed by atoms with E-state index >= 15 is 0 Å². The van der Waals surface area contributed by atoms with Crippen molar-refractivity contribution in [2.75, 3.05) is 5.32 Å². The third kappa shape index (κ3) is 4.76. The predicted molar refractivity (Wildman–Crippen MR) is 128 cm³/mol. The summed E-state index contributed by atoms with van der Waals surface area (Å²) in [6.45, 7) is 4.05. The first-order valence-corrected chi connectivity index (χ1v) is 11.9. The van der Waals surface area contributed by atoms with Gasteiger partial charge < -0.3 is 9.73 Å². The molecule has 0 atom stereocenters. The summed E-state index contributed by atoms with van der Waals surface area (Å²) in [7, 11) is 0. The van der Waals surface area contributed by atoms with Crippen LogP contribution in [0.4, 0.5) is 10.7 Å². The van der Waals surface area contributed by atoms with Gasteiger partial charge in [-0.05, 0) is 90.4 Å². The molecule has 156 valence electrons. The van der Waals surface area contributed by atoms with Crippen molar-refractivity contribution in [3.05, 3.63) is 67.9 Å². The Kier molecular flexibility index (Phi) is 6.54. The van der Waals surface area contributed by atoms with Crippen molar-refractivity contribution in [3.8, 4) is 0 Å². The van der Waals surface area contributed by atoms with Gasteiger partial charge in [0.2, 0.25) is 0 Å². The van der Waals surface area contributed by atoms with Crippen molar-refractivity contribution in [1.82, 2.24) is 0 Å². The normalized spacial score (nSPS) is 14.4. The van der Waals surface area contributed by atoms with Crippen molar-refractivity contribution in [1.29, 1.82) is 0 Å². The number of hydrogen-bond donors (Lipinski definition) is 1. The minimum atomic E-state index is -0.0745. The van der Waals surface area contributed by atoms with Crippen LogP contribution in [-0.2, 0) is 12.8 Å². The fourth-order valence-corrected chi connectivity index (χ4v) is 5.35. The molecule has 1 N–H and O–H groups in total. The first kappa shape index (κ1) is 21.1. The Labute approximate surface area is 189 Å². The van der Waals surface area contributed by atoms with E-state index in [2.05, 4.69) is 32.3 Å². The maximum Gasteiger partial charge on any atom is 0.259 e. The molecule has 0 radical (unpaired) electrons. The van der Waals surface area contributed by atoms with Gasteiger partial charge in [0.1, 0.15) is 10.8 Å². The highest BCUT2D eigenvalue weighted by Gasteiger charge is 2.24. The third-order valence-corrected chi connectivity index (χ3v) is 7.05. The second kappa shape index (κ2) is 9.31. The number of fused-ring (bicyclic) bond motifs is 1. The van der Waals surface area contributed by atoms with Crippen LogP contribution in [0.3, 0.4) is 0 Å². The number of hydrogen-bond acceptors (Lipinski definition) is 4. The lowest BCUT2D eigenvalue weighted by atomic mass is 9.96. The molecule has 3 aromatic rings. The Hall–Kier alpha value is -2.18. The van der Waals surface area contributed by atoms with Crippen LogP contribution in [-0.4, -0.2) is 12.1 Å². The van der Waals surface area contributed by atoms with Gasteiger partial charge in [-0.2, -0.15) is 0 Å². The molecule has 1 amide bonds. The molecule has 0 bridgehead atoms. The zero-order chi connectivity index (χ0) is 21.1. The van der Waals surface area contributed by atoms with Crippen LogP contribution in [0.1, 0.15) is 63.4 Å². The molecule has 30 heavy (non-hydrogen) atoms. The average Bonchev–Trinajstić information content (AvgIpc) is 3.26. The number of aryl methyl sites for hydroxylation is 3. The predicted octanol–water partition coefficient (Wildman–Crippen LogP) is 7.38. The summed E-state index contributed by atoms with van der Waals surface area (Å²) in [6, 6.07) is 9.81. The van der Waals surface area contributed by atoms with Gasteiger partial charge in [-0.25, -0.2) is 4.99 Å². The van der Waals surface area contributed by atoms with Gasteiger partial charge >= 0.3 is 0 Å². The second-order valence-electron chi connectivity index (χ2n) is 7.77. The second-order valence-corrected chi connectivity index (χ2v) is 9.64. The van der Waals surface area contributed by atoms with E-state index in [0.29, 0.717) is 10.4 Å². The third-order valence-electron chi connectivity index (χ3n) is 5.42. The topological polar surface area (TPSA) is 54.6 Å². The number of anilines is 1. The molecular formula is C24H25BrN2O2S. The van der Waals surface area contributed by atoms with Crippen molar-refractivity contribution in [3.63, 3.8) is 0 Å². The maximum atomic E-state index is 13.4. The summed E-state index contributed by atoms with van der Waals surface area (Å²) in [4.78, 5) is 19.4. The molecule has 0 saturated carbocycles. The van der Waals surface area contributed by atoms with Gasteiger partial charge in [0.15, 0.2) is 4.67 Å². The van der Waals surface area contributed by atoms with Crippen LogP contribution < -0.4 is 5.32 Å². The Balaban J connectivity index is 1.72. The molecule has 2 heterocycles. The van der Waals surface area contributed by atoms with E-state index < -0.39 is 0 Å². The standard InChI is InChI=1S/C24H25BrN2O2S/c1-15-9-10-16(2)19(13-15)27-23(28)22-18-7-5-3-4-6-8-20(18)30-24(22)26-14-17-11-12-21(25)29-17/h9-14H,3-8H2,1-2H3,(H,27,28). The number of nitrogens with one attached hydrogen (secondary N) is 1. The van der Waals surface area contributed by atoms with E-state index in [-0.39, 0.29) is 5.91 Å². The highest BCUT2D eigenvalue weighted by Crippen LogP contribution is 2.39. The highest BCUT2D eigenvalue weighted by atomic mass is 79.9. The molecule has 0 spiro atoms. The van der Waals surface area contributed by atoms with Crippen LogP contribution in [0, 0.1) is 13.8 Å². The average molecular weight is 485 g/mol. The van der Waals surface area contributed by atoms with Gasteiger partial charge in [0.25, 0.3) is 5.91 Å². The van der Waals surface area contributed by atoms with Gasteiger partial charge in [0, 0.05) is 10.6 Å². The Bertz CT molecular complexity index is 1100. The van der Waals surface area contributed by atoms with Crippen LogP contribution >= 0.6 is 27.3 Å². The number of benzene rings is 1. The number of halogens is 1. The van der Waals surface area contributed by atoms with Crippen molar-refractivity contribution >= 4 is 50.1 Å². The lowest BCUT2D eigenvalue weighted by Crippen LogP contribution is -2.15. The largest absolute Gasteiger partial charge is 0.448 e. The maximum absolute atomic E-state index is 13.4. The van der Waals surface area contributed by atoms with Gasteiger partial charge in [-0.3, -0.25) is 4.79 Å². The lowest BCUT2D eigenvalue weighted by molar-refractivity contribution is 0.102. The molecule has 2 aromatic heterocycles. The molecule has 1 aromatic carbocycles. The molecular weight excluding hydrogens is 460 g/mol.